The number of nitriles is 1. The molecule has 0 aromatic heterocycles. The molecule has 2 amide bonds. The van der Waals surface area contributed by atoms with Crippen LogP contribution >= 0.6 is 0 Å². The molecular formula is C18H22F3N4O2+. The lowest BCUT2D eigenvalue weighted by molar-refractivity contribution is -0.862. The number of nitrogens with zero attached hydrogens (tertiary/aromatic N) is 1. The van der Waals surface area contributed by atoms with E-state index in [1.165, 1.54) is 18.2 Å². The number of hydrogen-bond donors (Lipinski definition) is 3. The van der Waals surface area contributed by atoms with E-state index in [2.05, 4.69) is 16.7 Å². The first-order valence-corrected chi connectivity index (χ1v) is 8.55. The normalized spacial score (nSPS) is 17.3. The number of carbonyl (C=O) groups is 2. The van der Waals surface area contributed by atoms with Gasteiger partial charge in [-0.25, -0.2) is 0 Å². The van der Waals surface area contributed by atoms with Gasteiger partial charge >= 0.3 is 6.18 Å². The van der Waals surface area contributed by atoms with Gasteiger partial charge in [0.15, 0.2) is 13.1 Å². The van der Waals surface area contributed by atoms with Gasteiger partial charge in [-0.3, -0.25) is 9.59 Å². The third kappa shape index (κ3) is 5.69. The molecule has 27 heavy (non-hydrogen) atoms. The van der Waals surface area contributed by atoms with Crippen LogP contribution in [-0.4, -0.2) is 37.5 Å². The number of quaternary nitrogens is 1. The Morgan fingerprint density at radius 3 is 2.37 bits per heavy atom. The van der Waals surface area contributed by atoms with Crippen molar-refractivity contribution < 1.29 is 27.7 Å². The van der Waals surface area contributed by atoms with Gasteiger partial charge in [-0.05, 0) is 37.8 Å². The van der Waals surface area contributed by atoms with Gasteiger partial charge in [-0.2, -0.15) is 18.4 Å². The number of benzene rings is 1. The van der Waals surface area contributed by atoms with Gasteiger partial charge in [0.2, 0.25) is 0 Å². The second kappa shape index (κ2) is 7.96. The van der Waals surface area contributed by atoms with E-state index in [9.17, 15) is 28.0 Å². The highest BCUT2D eigenvalue weighted by molar-refractivity contribution is 5.92. The second-order valence-corrected chi connectivity index (χ2v) is 7.04. The van der Waals surface area contributed by atoms with Crippen LogP contribution in [0.15, 0.2) is 24.3 Å². The predicted octanol–water partition coefficient (Wildman–Crippen LogP) is 0.967. The molecule has 0 radical (unpaired) electrons. The number of carbonyl (C=O) groups excluding carboxylic acids is 2. The molecule has 1 fully saturated rings. The lowest BCUT2D eigenvalue weighted by Gasteiger charge is -2.23. The molecule has 1 aromatic carbocycles. The van der Waals surface area contributed by atoms with Crippen molar-refractivity contribution in [2.24, 2.45) is 5.92 Å². The van der Waals surface area contributed by atoms with Crippen LogP contribution in [-0.2, 0) is 15.8 Å². The van der Waals surface area contributed by atoms with Crippen molar-refractivity contribution in [1.82, 2.24) is 5.32 Å². The summed E-state index contributed by atoms with van der Waals surface area (Å²) in [6.07, 6.45) is -2.81. The molecule has 146 valence electrons. The summed E-state index contributed by atoms with van der Waals surface area (Å²) in [5.41, 5.74) is -2.17. The SMILES string of the molecule is C[NH+](CC(=O)Nc1ccccc1C(F)(F)F)CC(=O)N[C@@](C)(C#N)C1CC1. The summed E-state index contributed by atoms with van der Waals surface area (Å²) in [6, 6.07) is 6.82. The fourth-order valence-corrected chi connectivity index (χ4v) is 2.86. The highest BCUT2D eigenvalue weighted by Crippen LogP contribution is 2.39. The Hall–Kier alpha value is -2.60. The van der Waals surface area contributed by atoms with E-state index in [0.717, 1.165) is 18.9 Å². The van der Waals surface area contributed by atoms with Crippen molar-refractivity contribution in [2.75, 3.05) is 25.5 Å². The van der Waals surface area contributed by atoms with Crippen molar-refractivity contribution in [2.45, 2.75) is 31.5 Å². The molecule has 6 nitrogen and oxygen atoms in total. The molecule has 0 saturated heterocycles. The first-order valence-electron chi connectivity index (χ1n) is 8.55. The Morgan fingerprint density at radius 1 is 1.22 bits per heavy atom. The van der Waals surface area contributed by atoms with Gasteiger partial charge < -0.3 is 15.5 Å². The minimum Gasteiger partial charge on any atom is -0.333 e. The molecule has 0 aliphatic heterocycles. The van der Waals surface area contributed by atoms with E-state index in [-0.39, 0.29) is 30.6 Å². The highest BCUT2D eigenvalue weighted by Gasteiger charge is 2.43. The number of amides is 2. The highest BCUT2D eigenvalue weighted by atomic mass is 19.4. The summed E-state index contributed by atoms with van der Waals surface area (Å²) in [7, 11) is 1.58. The molecule has 0 heterocycles. The van der Waals surface area contributed by atoms with Gasteiger partial charge in [0.25, 0.3) is 11.8 Å². The molecule has 1 aromatic rings. The average molecular weight is 383 g/mol. The summed E-state index contributed by atoms with van der Waals surface area (Å²) in [6.45, 7) is 1.41. The molecule has 9 heteroatoms. The van der Waals surface area contributed by atoms with Crippen LogP contribution < -0.4 is 15.5 Å². The molecule has 0 bridgehead atoms. The van der Waals surface area contributed by atoms with E-state index in [1.807, 2.05) is 0 Å². The zero-order valence-corrected chi connectivity index (χ0v) is 15.1. The Balaban J connectivity index is 1.89. The summed E-state index contributed by atoms with van der Waals surface area (Å²) in [4.78, 5) is 24.7. The van der Waals surface area contributed by atoms with E-state index in [0.29, 0.717) is 4.90 Å². The molecule has 1 aliphatic rings. The lowest BCUT2D eigenvalue weighted by Crippen LogP contribution is -3.11. The third-order valence-electron chi connectivity index (χ3n) is 4.46. The van der Waals surface area contributed by atoms with Gasteiger partial charge in [-0.15, -0.1) is 0 Å². The summed E-state index contributed by atoms with van der Waals surface area (Å²) < 4.78 is 38.9. The predicted molar refractivity (Wildman–Crippen MR) is 91.6 cm³/mol. The first-order chi connectivity index (χ1) is 12.5. The molecule has 1 unspecified atom stereocenters. The van der Waals surface area contributed by atoms with Gasteiger partial charge in [0.1, 0.15) is 5.54 Å². The van der Waals surface area contributed by atoms with Gasteiger partial charge in [0.05, 0.1) is 24.4 Å². The molecule has 2 rings (SSSR count). The Kier molecular flexibility index (Phi) is 6.11. The second-order valence-electron chi connectivity index (χ2n) is 7.04. The van der Waals surface area contributed by atoms with Crippen LogP contribution in [0.25, 0.3) is 0 Å². The molecule has 2 atom stereocenters. The molecule has 1 aliphatic carbocycles. The number of alkyl halides is 3. The minimum absolute atomic E-state index is 0.0711. The monoisotopic (exact) mass is 383 g/mol. The maximum Gasteiger partial charge on any atom is 0.418 e. The van der Waals surface area contributed by atoms with Crippen molar-refractivity contribution in [1.29, 1.82) is 5.26 Å². The van der Waals surface area contributed by atoms with Crippen molar-refractivity contribution in [3.63, 3.8) is 0 Å². The number of hydrogen-bond acceptors (Lipinski definition) is 3. The van der Waals surface area contributed by atoms with E-state index in [4.69, 9.17) is 0 Å². The maximum atomic E-state index is 13.0. The lowest BCUT2D eigenvalue weighted by atomic mass is 9.98. The summed E-state index contributed by atoms with van der Waals surface area (Å²) >= 11 is 0. The largest absolute Gasteiger partial charge is 0.418 e. The number of rotatable bonds is 7. The molecule has 0 spiro atoms. The van der Waals surface area contributed by atoms with Crippen LogP contribution in [0.3, 0.4) is 0 Å². The maximum absolute atomic E-state index is 13.0. The van der Waals surface area contributed by atoms with E-state index in [1.54, 1.807) is 14.0 Å². The third-order valence-corrected chi connectivity index (χ3v) is 4.46. The van der Waals surface area contributed by atoms with Crippen LogP contribution in [0.2, 0.25) is 0 Å². The molecule has 3 N–H and O–H groups in total. The quantitative estimate of drug-likeness (QED) is 0.656. The van der Waals surface area contributed by atoms with Crippen LogP contribution in [0.1, 0.15) is 25.3 Å². The number of para-hydroxylation sites is 1. The Morgan fingerprint density at radius 2 is 1.81 bits per heavy atom. The Labute approximate surface area is 155 Å². The summed E-state index contributed by atoms with van der Waals surface area (Å²) in [5, 5.41) is 14.2. The number of halogens is 3. The van der Waals surface area contributed by atoms with Gasteiger partial charge in [0, 0.05) is 0 Å². The minimum atomic E-state index is -4.58. The number of nitrogens with one attached hydrogen (secondary N) is 3. The van der Waals surface area contributed by atoms with Crippen molar-refractivity contribution in [3.05, 3.63) is 29.8 Å². The first kappa shape index (κ1) is 20.7. The van der Waals surface area contributed by atoms with Gasteiger partial charge in [-0.1, -0.05) is 12.1 Å². The zero-order valence-electron chi connectivity index (χ0n) is 15.1. The zero-order chi connectivity index (χ0) is 20.2. The van der Waals surface area contributed by atoms with Crippen LogP contribution in [0.4, 0.5) is 18.9 Å². The number of anilines is 1. The smallest absolute Gasteiger partial charge is 0.333 e. The Bertz CT molecular complexity index is 756. The fraction of sp³-hybridized carbons (Fsp3) is 0.500. The number of likely N-dealkylation sites (N-methyl/N-ethyl adjacent to an activating group) is 1. The standard InChI is InChI=1S/C18H21F3N4O2/c1-17(11-22,12-7-8-12)24-16(27)10-25(2)9-15(26)23-14-6-4-3-5-13(14)18(19,20)21/h3-6,12H,7-10H2,1-2H3,(H,23,26)(H,24,27)/p+1/t17-/m0/s1. The van der Waals surface area contributed by atoms with E-state index >= 15 is 0 Å². The average Bonchev–Trinajstić information content (AvgIpc) is 3.39. The van der Waals surface area contributed by atoms with Crippen molar-refractivity contribution in [3.8, 4) is 6.07 Å². The van der Waals surface area contributed by atoms with Crippen LogP contribution in [0.5, 0.6) is 0 Å². The van der Waals surface area contributed by atoms with Crippen molar-refractivity contribution >= 4 is 17.5 Å². The molecule has 1 saturated carbocycles. The topological polar surface area (TPSA) is 86.4 Å². The summed E-state index contributed by atoms with van der Waals surface area (Å²) in [5.74, 6) is -0.886. The van der Waals surface area contributed by atoms with Crippen LogP contribution in [0, 0.1) is 17.2 Å². The fourth-order valence-electron chi connectivity index (χ4n) is 2.86. The van der Waals surface area contributed by atoms with E-state index < -0.39 is 23.2 Å². The molecular weight excluding hydrogens is 361 g/mol.